The van der Waals surface area contributed by atoms with E-state index >= 15 is 0 Å². The molecule has 0 heterocycles. The fourth-order valence-corrected chi connectivity index (χ4v) is 2.17. The quantitative estimate of drug-likeness (QED) is 0.289. The average molecular weight is 486 g/mol. The maximum absolute atomic E-state index is 13.1. The predicted octanol–water partition coefficient (Wildman–Crippen LogP) is 0.816. The van der Waals surface area contributed by atoms with Crippen molar-refractivity contribution in [1.29, 1.82) is 0 Å². The van der Waals surface area contributed by atoms with Gasteiger partial charge in [0.05, 0.1) is 0 Å². The first-order valence-electron chi connectivity index (χ1n) is 8.00. The summed E-state index contributed by atoms with van der Waals surface area (Å²) in [5, 5.41) is 32.5. The highest BCUT2D eigenvalue weighted by atomic mass is 79.9. The molecule has 0 aliphatic rings. The number of carboxylic acid groups (broad SMARTS) is 2. The fourth-order valence-electron chi connectivity index (χ4n) is 1.69. The second-order valence-electron chi connectivity index (χ2n) is 6.77. The first-order valence-corrected chi connectivity index (χ1v) is 8.79. The minimum absolute atomic E-state index is 0.0622. The highest BCUT2D eigenvalue weighted by Gasteiger charge is 2.29. The summed E-state index contributed by atoms with van der Waals surface area (Å²) in [4.78, 5) is 31.2. The Morgan fingerprint density at radius 2 is 1.48 bits per heavy atom. The number of ether oxygens (including phenoxy) is 1. The van der Waals surface area contributed by atoms with Crippen molar-refractivity contribution in [2.75, 3.05) is 0 Å². The minimum Gasteiger partial charge on any atom is -0.479 e. The first kappa shape index (κ1) is 26.9. The molecular weight excluding hydrogens is 464 g/mol. The molecule has 164 valence electrons. The molecule has 0 aliphatic heterocycles. The monoisotopic (exact) mass is 485 g/mol. The van der Waals surface area contributed by atoms with Gasteiger partial charge in [0, 0.05) is 4.47 Å². The van der Waals surface area contributed by atoms with Gasteiger partial charge in [-0.25, -0.2) is 18.4 Å². The van der Waals surface area contributed by atoms with Crippen LogP contribution in [-0.4, -0.2) is 62.2 Å². The number of nitrogens with two attached hydrogens (primary N) is 1. The van der Waals surface area contributed by atoms with Gasteiger partial charge in [-0.1, -0.05) is 15.9 Å². The van der Waals surface area contributed by atoms with Crippen molar-refractivity contribution in [3.8, 4) is 0 Å². The molecular formula is C17H22BrF2NO8. The van der Waals surface area contributed by atoms with Crippen LogP contribution in [0.4, 0.5) is 8.78 Å². The molecule has 0 amide bonds. The van der Waals surface area contributed by atoms with E-state index in [4.69, 9.17) is 30.9 Å². The molecule has 1 rings (SSSR count). The summed E-state index contributed by atoms with van der Waals surface area (Å²) >= 11 is 3.11. The van der Waals surface area contributed by atoms with Crippen molar-refractivity contribution < 1.29 is 48.3 Å². The average Bonchev–Trinajstić information content (AvgIpc) is 2.57. The summed E-state index contributed by atoms with van der Waals surface area (Å²) in [6.45, 7) is 5.18. The summed E-state index contributed by atoms with van der Waals surface area (Å²) in [5.74, 6) is -6.05. The minimum atomic E-state index is -2.27. The van der Waals surface area contributed by atoms with E-state index in [1.807, 2.05) is 0 Å². The molecule has 0 saturated carbocycles. The van der Waals surface area contributed by atoms with Crippen LogP contribution in [0.25, 0.3) is 0 Å². The van der Waals surface area contributed by atoms with E-state index in [0.717, 1.165) is 12.1 Å². The summed E-state index contributed by atoms with van der Waals surface area (Å²) < 4.78 is 31.6. The first-order chi connectivity index (χ1) is 13.1. The summed E-state index contributed by atoms with van der Waals surface area (Å²) in [5.41, 5.74) is 5.48. The molecule has 1 aromatic rings. The zero-order valence-electron chi connectivity index (χ0n) is 15.7. The van der Waals surface area contributed by atoms with Crippen molar-refractivity contribution in [2.24, 2.45) is 5.73 Å². The van der Waals surface area contributed by atoms with Gasteiger partial charge in [0.15, 0.2) is 23.8 Å². The second-order valence-corrected chi connectivity index (χ2v) is 7.62. The lowest BCUT2D eigenvalue weighted by molar-refractivity contribution is -0.165. The number of halogens is 3. The Kier molecular flexibility index (Phi) is 10.3. The van der Waals surface area contributed by atoms with Gasteiger partial charge in [-0.3, -0.25) is 4.79 Å². The number of carbonyl (C=O) groups is 3. The highest BCUT2D eigenvalue weighted by Crippen LogP contribution is 2.22. The van der Waals surface area contributed by atoms with Crippen LogP contribution in [0, 0.1) is 11.6 Å². The molecule has 3 unspecified atom stereocenters. The SMILES string of the molecule is CC(C)(C)OC(=O)C(N)Cc1cc(F)c(F)cc1Br.O=C(O)C(O)C(O)C(=O)O. The molecule has 1 aromatic carbocycles. The Labute approximate surface area is 173 Å². The Morgan fingerprint density at radius 1 is 1.07 bits per heavy atom. The Morgan fingerprint density at radius 3 is 1.86 bits per heavy atom. The molecule has 0 aromatic heterocycles. The predicted molar refractivity (Wildman–Crippen MR) is 98.9 cm³/mol. The topological polar surface area (TPSA) is 167 Å². The second kappa shape index (κ2) is 11.1. The van der Waals surface area contributed by atoms with E-state index in [2.05, 4.69) is 15.9 Å². The zero-order valence-corrected chi connectivity index (χ0v) is 17.3. The van der Waals surface area contributed by atoms with Crippen molar-refractivity contribution in [1.82, 2.24) is 0 Å². The van der Waals surface area contributed by atoms with E-state index in [1.54, 1.807) is 20.8 Å². The maximum Gasteiger partial charge on any atom is 0.335 e. The number of esters is 1. The molecule has 0 bridgehead atoms. The third-order valence-corrected chi connectivity index (χ3v) is 3.78. The lowest BCUT2D eigenvalue weighted by Crippen LogP contribution is -2.39. The number of aliphatic carboxylic acids is 2. The van der Waals surface area contributed by atoms with E-state index in [9.17, 15) is 23.2 Å². The van der Waals surface area contributed by atoms with E-state index in [0.29, 0.717) is 10.0 Å². The molecule has 9 nitrogen and oxygen atoms in total. The number of aliphatic hydroxyl groups is 2. The smallest absolute Gasteiger partial charge is 0.335 e. The molecule has 0 radical (unpaired) electrons. The standard InChI is InChI=1S/C13H16BrF2NO2.C4H6O6/c1-13(2,3)19-12(18)11(17)5-7-4-9(15)10(16)6-8(7)14;5-1(3(7)8)2(6)4(9)10/h4,6,11H,5,17H2,1-3H3;1-2,5-6H,(H,7,8)(H,9,10). The van der Waals surface area contributed by atoms with Crippen LogP contribution >= 0.6 is 15.9 Å². The van der Waals surface area contributed by atoms with Gasteiger partial charge in [0.2, 0.25) is 0 Å². The van der Waals surface area contributed by atoms with Crippen molar-refractivity contribution >= 4 is 33.8 Å². The van der Waals surface area contributed by atoms with Crippen LogP contribution < -0.4 is 5.73 Å². The van der Waals surface area contributed by atoms with Crippen LogP contribution in [0.3, 0.4) is 0 Å². The molecule has 0 aliphatic carbocycles. The third kappa shape index (κ3) is 9.74. The molecule has 0 fully saturated rings. The third-order valence-electron chi connectivity index (χ3n) is 3.04. The number of benzene rings is 1. The molecule has 6 N–H and O–H groups in total. The molecule has 0 spiro atoms. The van der Waals surface area contributed by atoms with E-state index in [1.165, 1.54) is 0 Å². The Bertz CT molecular complexity index is 736. The summed E-state index contributed by atoms with van der Waals surface area (Å²) in [7, 11) is 0. The zero-order chi connectivity index (χ0) is 23.1. The molecule has 29 heavy (non-hydrogen) atoms. The summed E-state index contributed by atoms with van der Waals surface area (Å²) in [6.07, 6.45) is -4.47. The van der Waals surface area contributed by atoms with E-state index < -0.39 is 53.4 Å². The van der Waals surface area contributed by atoms with Gasteiger partial charge in [-0.2, -0.15) is 0 Å². The number of aliphatic hydroxyl groups excluding tert-OH is 2. The van der Waals surface area contributed by atoms with Gasteiger partial charge in [-0.05, 0) is 44.9 Å². The van der Waals surface area contributed by atoms with Crippen LogP contribution in [-0.2, 0) is 25.5 Å². The van der Waals surface area contributed by atoms with Crippen LogP contribution in [0.1, 0.15) is 26.3 Å². The highest BCUT2D eigenvalue weighted by molar-refractivity contribution is 9.10. The number of carbonyl (C=O) groups excluding carboxylic acids is 1. The fraction of sp³-hybridized carbons (Fsp3) is 0.471. The Balaban J connectivity index is 0.000000665. The van der Waals surface area contributed by atoms with Gasteiger partial charge in [0.25, 0.3) is 0 Å². The van der Waals surface area contributed by atoms with Gasteiger partial charge in [-0.15, -0.1) is 0 Å². The van der Waals surface area contributed by atoms with Crippen LogP contribution in [0.5, 0.6) is 0 Å². The number of hydrogen-bond donors (Lipinski definition) is 5. The van der Waals surface area contributed by atoms with Crippen molar-refractivity contribution in [3.63, 3.8) is 0 Å². The molecule has 12 heteroatoms. The van der Waals surface area contributed by atoms with Gasteiger partial charge >= 0.3 is 17.9 Å². The normalized spacial score (nSPS) is 14.1. The number of rotatable bonds is 6. The lowest BCUT2D eigenvalue weighted by atomic mass is 10.1. The number of hydrogen-bond acceptors (Lipinski definition) is 7. The molecule has 0 saturated heterocycles. The largest absolute Gasteiger partial charge is 0.479 e. The van der Waals surface area contributed by atoms with Crippen LogP contribution in [0.15, 0.2) is 16.6 Å². The van der Waals surface area contributed by atoms with E-state index in [-0.39, 0.29) is 6.42 Å². The van der Waals surface area contributed by atoms with Crippen molar-refractivity contribution in [2.45, 2.75) is 51.0 Å². The van der Waals surface area contributed by atoms with Gasteiger partial charge < -0.3 is 30.9 Å². The molecule has 3 atom stereocenters. The lowest BCUT2D eigenvalue weighted by Gasteiger charge is -2.22. The van der Waals surface area contributed by atoms with Crippen LogP contribution in [0.2, 0.25) is 0 Å². The number of carboxylic acids is 2. The van der Waals surface area contributed by atoms with Crippen molar-refractivity contribution in [3.05, 3.63) is 33.8 Å². The Hall–Kier alpha value is -2.15. The summed E-state index contributed by atoms with van der Waals surface area (Å²) in [6, 6.07) is 1.09. The maximum atomic E-state index is 13.1. The van der Waals surface area contributed by atoms with Gasteiger partial charge in [0.1, 0.15) is 11.6 Å².